The van der Waals surface area contributed by atoms with Crippen LogP contribution in [0.3, 0.4) is 0 Å². The minimum absolute atomic E-state index is 0.164. The summed E-state index contributed by atoms with van der Waals surface area (Å²) in [5.74, 6) is 0.251. The van der Waals surface area contributed by atoms with E-state index in [1.807, 2.05) is 48.5 Å². The summed E-state index contributed by atoms with van der Waals surface area (Å²) in [7, 11) is 0. The number of hydrogen-bond acceptors (Lipinski definition) is 2. The van der Waals surface area contributed by atoms with Gasteiger partial charge in [0.15, 0.2) is 11.7 Å². The average Bonchev–Trinajstić information content (AvgIpc) is 2.48. The summed E-state index contributed by atoms with van der Waals surface area (Å²) in [6.07, 6.45) is 0. The summed E-state index contributed by atoms with van der Waals surface area (Å²) < 4.78 is 0. The van der Waals surface area contributed by atoms with Crippen LogP contribution >= 0.6 is 0 Å². The van der Waals surface area contributed by atoms with Crippen molar-refractivity contribution in [3.63, 3.8) is 0 Å². The summed E-state index contributed by atoms with van der Waals surface area (Å²) in [5.41, 5.74) is 11.6. The molecule has 108 valence electrons. The van der Waals surface area contributed by atoms with Gasteiger partial charge in [-0.15, -0.1) is 0 Å². The third-order valence-electron chi connectivity index (χ3n) is 2.60. The molecule has 2 aromatic rings. The van der Waals surface area contributed by atoms with Gasteiger partial charge in [0, 0.05) is 0 Å². The predicted molar refractivity (Wildman–Crippen MR) is 82.6 cm³/mol. The number of nitrogens with two attached hydrogens (primary N) is 2. The van der Waals surface area contributed by atoms with E-state index in [2.05, 4.69) is 4.99 Å². The van der Waals surface area contributed by atoms with E-state index >= 15 is 0 Å². The molecule has 0 unspecified atom stereocenters. The van der Waals surface area contributed by atoms with Gasteiger partial charge in [0.2, 0.25) is 0 Å². The molecular weight excluding hydrogens is 266 g/mol. The third kappa shape index (κ3) is 4.54. The molecule has 0 aliphatic rings. The van der Waals surface area contributed by atoms with Gasteiger partial charge < -0.3 is 16.3 Å². The zero-order valence-corrected chi connectivity index (χ0v) is 11.4. The SMILES string of the molecule is N=C(N=C(N)N)N(Cc1ccccc1)Oc1ccccc1. The number of nitrogens with zero attached hydrogens (tertiary/aromatic N) is 2. The van der Waals surface area contributed by atoms with Crippen LogP contribution in [-0.2, 0) is 6.54 Å². The molecule has 5 N–H and O–H groups in total. The van der Waals surface area contributed by atoms with Crippen molar-refractivity contribution in [2.75, 3.05) is 0 Å². The first-order chi connectivity index (χ1) is 10.1. The van der Waals surface area contributed by atoms with Crippen molar-refractivity contribution in [3.05, 3.63) is 66.2 Å². The quantitative estimate of drug-likeness (QED) is 0.451. The number of aliphatic imine (C=N–C) groups is 1. The number of rotatable bonds is 4. The van der Waals surface area contributed by atoms with Gasteiger partial charge >= 0.3 is 0 Å². The van der Waals surface area contributed by atoms with Gasteiger partial charge in [-0.05, 0) is 17.7 Å². The van der Waals surface area contributed by atoms with E-state index in [-0.39, 0.29) is 11.9 Å². The van der Waals surface area contributed by atoms with Gasteiger partial charge in [0.25, 0.3) is 5.96 Å². The Kier molecular flexibility index (Phi) is 4.76. The van der Waals surface area contributed by atoms with Crippen LogP contribution in [0.1, 0.15) is 5.56 Å². The van der Waals surface area contributed by atoms with Crippen molar-refractivity contribution in [1.82, 2.24) is 5.06 Å². The van der Waals surface area contributed by atoms with Crippen molar-refractivity contribution in [1.29, 1.82) is 5.41 Å². The highest BCUT2D eigenvalue weighted by Crippen LogP contribution is 2.13. The van der Waals surface area contributed by atoms with E-state index < -0.39 is 0 Å². The summed E-state index contributed by atoms with van der Waals surface area (Å²) >= 11 is 0. The largest absolute Gasteiger partial charge is 0.376 e. The summed E-state index contributed by atoms with van der Waals surface area (Å²) in [5, 5.41) is 9.25. The highest BCUT2D eigenvalue weighted by Gasteiger charge is 2.12. The molecule has 0 amide bonds. The minimum atomic E-state index is -0.185. The van der Waals surface area contributed by atoms with Crippen LogP contribution in [0.2, 0.25) is 0 Å². The molecule has 0 atom stereocenters. The van der Waals surface area contributed by atoms with E-state index in [1.165, 1.54) is 5.06 Å². The maximum atomic E-state index is 7.93. The van der Waals surface area contributed by atoms with E-state index in [1.54, 1.807) is 12.1 Å². The fraction of sp³-hybridized carbons (Fsp3) is 0.0667. The van der Waals surface area contributed by atoms with Crippen LogP contribution in [0.15, 0.2) is 65.7 Å². The Morgan fingerprint density at radius 2 is 1.57 bits per heavy atom. The van der Waals surface area contributed by atoms with Crippen LogP contribution in [0, 0.1) is 5.41 Å². The highest BCUT2D eigenvalue weighted by molar-refractivity contribution is 5.91. The van der Waals surface area contributed by atoms with E-state index in [0.29, 0.717) is 12.3 Å². The van der Waals surface area contributed by atoms with Crippen molar-refractivity contribution in [2.45, 2.75) is 6.54 Å². The van der Waals surface area contributed by atoms with Gasteiger partial charge in [0.1, 0.15) is 0 Å². The number of guanidine groups is 2. The second-order valence-corrected chi connectivity index (χ2v) is 4.29. The maximum absolute atomic E-state index is 7.93. The highest BCUT2D eigenvalue weighted by atomic mass is 16.7. The summed E-state index contributed by atoms with van der Waals surface area (Å²) in [6.45, 7) is 0.353. The van der Waals surface area contributed by atoms with Crippen molar-refractivity contribution in [3.8, 4) is 5.75 Å². The normalized spacial score (nSPS) is 9.71. The number of hydroxylamine groups is 2. The Labute approximate surface area is 123 Å². The zero-order valence-electron chi connectivity index (χ0n) is 11.4. The molecule has 2 aromatic carbocycles. The molecule has 0 saturated heterocycles. The molecule has 0 bridgehead atoms. The third-order valence-corrected chi connectivity index (χ3v) is 2.60. The van der Waals surface area contributed by atoms with E-state index in [4.69, 9.17) is 21.7 Å². The smallest absolute Gasteiger partial charge is 0.255 e. The Morgan fingerprint density at radius 3 is 2.14 bits per heavy atom. The summed E-state index contributed by atoms with van der Waals surface area (Å²) in [4.78, 5) is 9.40. The van der Waals surface area contributed by atoms with E-state index in [9.17, 15) is 0 Å². The van der Waals surface area contributed by atoms with Crippen molar-refractivity contribution < 1.29 is 4.84 Å². The molecule has 0 radical (unpaired) electrons. The number of para-hydroxylation sites is 1. The number of hydrogen-bond donors (Lipinski definition) is 3. The topological polar surface area (TPSA) is 101 Å². The van der Waals surface area contributed by atoms with Gasteiger partial charge in [-0.2, -0.15) is 10.1 Å². The Hall–Kier alpha value is -3.02. The molecule has 0 aromatic heterocycles. The fourth-order valence-electron chi connectivity index (χ4n) is 1.69. The second kappa shape index (κ2) is 6.95. The standard InChI is InChI=1S/C15H17N5O/c16-14(17)19-15(18)20(11-12-7-3-1-4-8-12)21-13-9-5-2-6-10-13/h1-10H,11H2,(H5,16,17,18,19). The predicted octanol–water partition coefficient (Wildman–Crippen LogP) is 1.69. The van der Waals surface area contributed by atoms with E-state index in [0.717, 1.165) is 5.56 Å². The monoisotopic (exact) mass is 283 g/mol. The molecule has 2 rings (SSSR count). The van der Waals surface area contributed by atoms with Crippen molar-refractivity contribution >= 4 is 11.9 Å². The minimum Gasteiger partial charge on any atom is -0.376 e. The lowest BCUT2D eigenvalue weighted by Gasteiger charge is -2.22. The zero-order chi connectivity index (χ0) is 15.1. The molecule has 0 spiro atoms. The van der Waals surface area contributed by atoms with Gasteiger partial charge in [0.05, 0.1) is 6.54 Å². The molecule has 0 saturated carbocycles. The molecular formula is C15H17N5O. The van der Waals surface area contributed by atoms with Crippen molar-refractivity contribution in [2.24, 2.45) is 16.5 Å². The Morgan fingerprint density at radius 1 is 1.00 bits per heavy atom. The Bertz CT molecular complexity index is 567. The van der Waals surface area contributed by atoms with Crippen LogP contribution < -0.4 is 16.3 Å². The lowest BCUT2D eigenvalue weighted by molar-refractivity contribution is 0.00826. The van der Waals surface area contributed by atoms with Crippen LogP contribution in [0.5, 0.6) is 5.75 Å². The molecule has 6 nitrogen and oxygen atoms in total. The van der Waals surface area contributed by atoms with Crippen LogP contribution in [0.4, 0.5) is 0 Å². The first-order valence-corrected chi connectivity index (χ1v) is 6.38. The molecule has 0 heterocycles. The van der Waals surface area contributed by atoms with Crippen LogP contribution in [0.25, 0.3) is 0 Å². The maximum Gasteiger partial charge on any atom is 0.255 e. The molecule has 6 heteroatoms. The molecule has 0 fully saturated rings. The fourth-order valence-corrected chi connectivity index (χ4v) is 1.69. The molecule has 0 aliphatic carbocycles. The number of benzene rings is 2. The lowest BCUT2D eigenvalue weighted by Crippen LogP contribution is -2.35. The molecule has 21 heavy (non-hydrogen) atoms. The molecule has 0 aliphatic heterocycles. The Balaban J connectivity index is 2.18. The second-order valence-electron chi connectivity index (χ2n) is 4.29. The van der Waals surface area contributed by atoms with Crippen LogP contribution in [-0.4, -0.2) is 17.0 Å². The first-order valence-electron chi connectivity index (χ1n) is 6.38. The number of nitrogens with one attached hydrogen (secondary N) is 1. The summed E-state index contributed by atoms with van der Waals surface area (Å²) in [6, 6.07) is 18.8. The van der Waals surface area contributed by atoms with Gasteiger partial charge in [-0.3, -0.25) is 5.41 Å². The van der Waals surface area contributed by atoms with Gasteiger partial charge in [-0.1, -0.05) is 48.5 Å². The average molecular weight is 283 g/mol. The van der Waals surface area contributed by atoms with Gasteiger partial charge in [-0.25, -0.2) is 0 Å². The lowest BCUT2D eigenvalue weighted by atomic mass is 10.2. The first kappa shape index (κ1) is 14.4.